The normalized spacial score (nSPS) is 11.1. The molecule has 2 N–H and O–H groups in total. The smallest absolute Gasteiger partial charge is 0.261 e. The molecule has 0 unspecified atom stereocenters. The molecule has 0 aromatic heterocycles. The zero-order chi connectivity index (χ0) is 20.1. The van der Waals surface area contributed by atoms with E-state index in [9.17, 15) is 13.2 Å². The number of nitrogens with one attached hydrogen (secondary N) is 2. The first-order valence-corrected chi connectivity index (χ1v) is 11.2. The van der Waals surface area contributed by atoms with Gasteiger partial charge in [-0.15, -0.1) is 11.8 Å². The number of sulfonamides is 1. The second-order valence-corrected chi connectivity index (χ2v) is 8.63. The number of hydrogen-bond donors (Lipinski definition) is 2. The number of rotatable bonds is 6. The molecule has 28 heavy (non-hydrogen) atoms. The molecule has 0 atom stereocenters. The molecule has 3 aromatic rings. The van der Waals surface area contributed by atoms with E-state index in [1.54, 1.807) is 43.3 Å². The highest BCUT2D eigenvalue weighted by molar-refractivity contribution is 7.98. The fourth-order valence-electron chi connectivity index (χ4n) is 2.62. The Kier molecular flexibility index (Phi) is 6.06. The Hall–Kier alpha value is -2.77. The molecule has 5 nitrogen and oxygen atoms in total. The largest absolute Gasteiger partial charge is 0.321 e. The topological polar surface area (TPSA) is 75.3 Å². The summed E-state index contributed by atoms with van der Waals surface area (Å²) in [5.41, 5.74) is 2.18. The standard InChI is InChI=1S/C21H20N2O3S2/c1-15-12-13-16(21(24)22-18-10-6-7-11-20(18)27-2)14-19(15)23-28(25,26)17-8-4-3-5-9-17/h3-14,23H,1-2H3,(H,22,24). The maximum Gasteiger partial charge on any atom is 0.261 e. The van der Waals surface area contributed by atoms with Gasteiger partial charge in [-0.05, 0) is 55.1 Å². The third kappa shape index (κ3) is 4.55. The fraction of sp³-hybridized carbons (Fsp3) is 0.0952. The number of anilines is 2. The molecular formula is C21H20N2O3S2. The van der Waals surface area contributed by atoms with Crippen LogP contribution in [0.3, 0.4) is 0 Å². The molecule has 0 saturated carbocycles. The second kappa shape index (κ2) is 8.50. The van der Waals surface area contributed by atoms with E-state index in [1.165, 1.54) is 23.9 Å². The van der Waals surface area contributed by atoms with Crippen LogP contribution in [-0.4, -0.2) is 20.6 Å². The lowest BCUT2D eigenvalue weighted by atomic mass is 10.1. The Morgan fingerprint density at radius 1 is 0.893 bits per heavy atom. The first-order valence-electron chi connectivity index (χ1n) is 8.53. The predicted octanol–water partition coefficient (Wildman–Crippen LogP) is 4.77. The summed E-state index contributed by atoms with van der Waals surface area (Å²) in [5.74, 6) is -0.304. The van der Waals surface area contributed by atoms with Gasteiger partial charge in [-0.2, -0.15) is 0 Å². The molecular weight excluding hydrogens is 392 g/mol. The minimum absolute atomic E-state index is 0.165. The number of aryl methyl sites for hydroxylation is 1. The molecule has 0 fully saturated rings. The maximum atomic E-state index is 12.7. The van der Waals surface area contributed by atoms with Gasteiger partial charge in [-0.3, -0.25) is 9.52 Å². The van der Waals surface area contributed by atoms with Gasteiger partial charge in [0.05, 0.1) is 16.3 Å². The summed E-state index contributed by atoms with van der Waals surface area (Å²) in [4.78, 5) is 13.8. The number of carbonyl (C=O) groups excluding carboxylic acids is 1. The zero-order valence-corrected chi connectivity index (χ0v) is 17.1. The lowest BCUT2D eigenvalue weighted by Crippen LogP contribution is -2.16. The minimum Gasteiger partial charge on any atom is -0.321 e. The van der Waals surface area contributed by atoms with Crippen LogP contribution < -0.4 is 10.0 Å². The van der Waals surface area contributed by atoms with Crippen molar-refractivity contribution < 1.29 is 13.2 Å². The summed E-state index contributed by atoms with van der Waals surface area (Å²) < 4.78 is 27.8. The van der Waals surface area contributed by atoms with Gasteiger partial charge >= 0.3 is 0 Å². The monoisotopic (exact) mass is 412 g/mol. The van der Waals surface area contributed by atoms with E-state index in [0.717, 1.165) is 10.5 Å². The highest BCUT2D eigenvalue weighted by atomic mass is 32.2. The van der Waals surface area contributed by atoms with Crippen LogP contribution in [0.25, 0.3) is 0 Å². The highest BCUT2D eigenvalue weighted by Gasteiger charge is 2.16. The average Bonchev–Trinajstić information content (AvgIpc) is 2.70. The van der Waals surface area contributed by atoms with E-state index in [4.69, 9.17) is 0 Å². The Balaban J connectivity index is 1.86. The van der Waals surface area contributed by atoms with Crippen molar-refractivity contribution in [2.45, 2.75) is 16.7 Å². The Morgan fingerprint density at radius 2 is 1.57 bits per heavy atom. The van der Waals surface area contributed by atoms with Gasteiger partial charge in [0.1, 0.15) is 0 Å². The van der Waals surface area contributed by atoms with Crippen molar-refractivity contribution in [1.82, 2.24) is 0 Å². The first-order chi connectivity index (χ1) is 13.4. The molecule has 0 radical (unpaired) electrons. The van der Waals surface area contributed by atoms with Crippen LogP contribution in [0.1, 0.15) is 15.9 Å². The summed E-state index contributed by atoms with van der Waals surface area (Å²) in [6.45, 7) is 1.79. The number of thioether (sulfide) groups is 1. The molecule has 0 heterocycles. The molecule has 0 saturated heterocycles. The van der Waals surface area contributed by atoms with Crippen LogP contribution >= 0.6 is 11.8 Å². The first kappa shape index (κ1) is 20.0. The fourth-order valence-corrected chi connectivity index (χ4v) is 4.32. The number of hydrogen-bond acceptors (Lipinski definition) is 4. The van der Waals surface area contributed by atoms with E-state index in [1.807, 2.05) is 30.5 Å². The lowest BCUT2D eigenvalue weighted by Gasteiger charge is -2.13. The second-order valence-electron chi connectivity index (χ2n) is 6.10. The van der Waals surface area contributed by atoms with Crippen LogP contribution in [-0.2, 0) is 10.0 Å². The average molecular weight is 413 g/mol. The maximum absolute atomic E-state index is 12.7. The van der Waals surface area contributed by atoms with Gasteiger partial charge in [0.2, 0.25) is 0 Å². The van der Waals surface area contributed by atoms with E-state index in [2.05, 4.69) is 10.0 Å². The Morgan fingerprint density at radius 3 is 2.29 bits per heavy atom. The molecule has 0 bridgehead atoms. The van der Waals surface area contributed by atoms with Crippen molar-refractivity contribution in [2.24, 2.45) is 0 Å². The van der Waals surface area contributed by atoms with Gasteiger partial charge in [0.15, 0.2) is 0 Å². The number of amides is 1. The van der Waals surface area contributed by atoms with Gasteiger partial charge < -0.3 is 5.32 Å². The van der Waals surface area contributed by atoms with Gasteiger partial charge in [0.25, 0.3) is 15.9 Å². The lowest BCUT2D eigenvalue weighted by molar-refractivity contribution is 0.102. The quantitative estimate of drug-likeness (QED) is 0.572. The van der Waals surface area contributed by atoms with Crippen molar-refractivity contribution in [2.75, 3.05) is 16.3 Å². The van der Waals surface area contributed by atoms with Crippen molar-refractivity contribution in [1.29, 1.82) is 0 Å². The summed E-state index contributed by atoms with van der Waals surface area (Å²) >= 11 is 1.54. The van der Waals surface area contributed by atoms with Crippen LogP contribution in [0.4, 0.5) is 11.4 Å². The third-order valence-corrected chi connectivity index (χ3v) is 6.33. The third-order valence-electron chi connectivity index (χ3n) is 4.15. The Labute approximate surface area is 169 Å². The van der Waals surface area contributed by atoms with Crippen LogP contribution in [0, 0.1) is 6.92 Å². The Bertz CT molecular complexity index is 1100. The predicted molar refractivity (Wildman–Crippen MR) is 115 cm³/mol. The SMILES string of the molecule is CSc1ccccc1NC(=O)c1ccc(C)c(NS(=O)(=O)c2ccccc2)c1. The molecule has 1 amide bonds. The number of benzene rings is 3. The van der Waals surface area contributed by atoms with E-state index in [-0.39, 0.29) is 10.8 Å². The summed E-state index contributed by atoms with van der Waals surface area (Å²) in [5, 5.41) is 2.88. The number of carbonyl (C=O) groups is 1. The van der Waals surface area contributed by atoms with Crippen LogP contribution in [0.2, 0.25) is 0 Å². The summed E-state index contributed by atoms with van der Waals surface area (Å²) in [7, 11) is -3.73. The summed E-state index contributed by atoms with van der Waals surface area (Å²) in [6.07, 6.45) is 1.94. The molecule has 0 aliphatic carbocycles. The molecule has 3 rings (SSSR count). The molecule has 0 aliphatic heterocycles. The molecule has 0 aliphatic rings. The number of para-hydroxylation sites is 1. The molecule has 144 valence electrons. The van der Waals surface area contributed by atoms with E-state index >= 15 is 0 Å². The van der Waals surface area contributed by atoms with E-state index in [0.29, 0.717) is 16.9 Å². The van der Waals surface area contributed by atoms with Gasteiger partial charge in [-0.25, -0.2) is 8.42 Å². The zero-order valence-electron chi connectivity index (χ0n) is 15.5. The minimum atomic E-state index is -3.73. The molecule has 7 heteroatoms. The molecule has 3 aromatic carbocycles. The van der Waals surface area contributed by atoms with Gasteiger partial charge in [-0.1, -0.05) is 36.4 Å². The highest BCUT2D eigenvalue weighted by Crippen LogP contribution is 2.26. The van der Waals surface area contributed by atoms with Crippen molar-refractivity contribution in [3.8, 4) is 0 Å². The van der Waals surface area contributed by atoms with Crippen LogP contribution in [0.15, 0.2) is 82.6 Å². The van der Waals surface area contributed by atoms with Crippen molar-refractivity contribution >= 4 is 39.1 Å². The van der Waals surface area contributed by atoms with Crippen molar-refractivity contribution in [3.63, 3.8) is 0 Å². The molecule has 0 spiro atoms. The van der Waals surface area contributed by atoms with Gasteiger partial charge in [0, 0.05) is 10.5 Å². The summed E-state index contributed by atoms with van der Waals surface area (Å²) in [6, 6.07) is 20.6. The van der Waals surface area contributed by atoms with E-state index < -0.39 is 10.0 Å². The van der Waals surface area contributed by atoms with Crippen LogP contribution in [0.5, 0.6) is 0 Å². The van der Waals surface area contributed by atoms with Crippen molar-refractivity contribution in [3.05, 3.63) is 83.9 Å².